The molecule has 0 bridgehead atoms. The lowest BCUT2D eigenvalue weighted by molar-refractivity contribution is -0.137. The Balaban J connectivity index is 2.06. The predicted molar refractivity (Wildman–Crippen MR) is 66.1 cm³/mol. The number of halogens is 4. The SMILES string of the molecule is OC1CCCC1CNc1cc(C(F)(F)F)cc(Cl)n1. The van der Waals surface area contributed by atoms with Gasteiger partial charge in [-0.15, -0.1) is 0 Å². The number of hydrogen-bond acceptors (Lipinski definition) is 3. The fourth-order valence-electron chi connectivity index (χ4n) is 2.24. The van der Waals surface area contributed by atoms with Crippen LogP contribution >= 0.6 is 11.6 Å². The first-order chi connectivity index (χ1) is 8.86. The number of hydrogen-bond donors (Lipinski definition) is 2. The molecule has 0 saturated heterocycles. The molecule has 0 amide bonds. The Morgan fingerprint density at radius 2 is 2.11 bits per heavy atom. The van der Waals surface area contributed by atoms with E-state index in [1.165, 1.54) is 0 Å². The van der Waals surface area contributed by atoms with Gasteiger partial charge in [0.15, 0.2) is 0 Å². The van der Waals surface area contributed by atoms with Gasteiger partial charge in [0.05, 0.1) is 11.7 Å². The first-order valence-electron chi connectivity index (χ1n) is 6.03. The standard InChI is InChI=1S/C12H14ClF3N2O/c13-10-4-8(12(14,15)16)5-11(18-10)17-6-7-2-1-3-9(7)19/h4-5,7,9,19H,1-3,6H2,(H,17,18). The number of nitrogens with one attached hydrogen (secondary N) is 1. The van der Waals surface area contributed by atoms with Crippen molar-refractivity contribution in [3.8, 4) is 0 Å². The third-order valence-electron chi connectivity index (χ3n) is 3.29. The van der Waals surface area contributed by atoms with Crippen molar-refractivity contribution >= 4 is 17.4 Å². The lowest BCUT2D eigenvalue weighted by atomic mass is 10.1. The van der Waals surface area contributed by atoms with Crippen molar-refractivity contribution in [2.75, 3.05) is 11.9 Å². The highest BCUT2D eigenvalue weighted by Crippen LogP contribution is 2.32. The fraction of sp³-hybridized carbons (Fsp3) is 0.583. The molecule has 106 valence electrons. The minimum atomic E-state index is -4.45. The minimum absolute atomic E-state index is 0.0510. The molecule has 7 heteroatoms. The quantitative estimate of drug-likeness (QED) is 0.841. The number of anilines is 1. The second-order valence-corrected chi connectivity index (χ2v) is 5.09. The van der Waals surface area contributed by atoms with Gasteiger partial charge in [-0.05, 0) is 25.0 Å². The lowest BCUT2D eigenvalue weighted by Gasteiger charge is -2.16. The largest absolute Gasteiger partial charge is 0.416 e. The molecule has 0 aliphatic heterocycles. The number of alkyl halides is 3. The van der Waals surface area contributed by atoms with Gasteiger partial charge in [-0.1, -0.05) is 18.0 Å². The Labute approximate surface area is 113 Å². The maximum absolute atomic E-state index is 12.6. The van der Waals surface area contributed by atoms with Crippen molar-refractivity contribution in [1.29, 1.82) is 0 Å². The third kappa shape index (κ3) is 3.73. The average Bonchev–Trinajstić information content (AvgIpc) is 2.70. The molecule has 1 aliphatic rings. The van der Waals surface area contributed by atoms with Crippen LogP contribution in [-0.2, 0) is 6.18 Å². The zero-order valence-electron chi connectivity index (χ0n) is 10.0. The van der Waals surface area contributed by atoms with E-state index in [-0.39, 0.29) is 16.9 Å². The summed E-state index contributed by atoms with van der Waals surface area (Å²) in [5, 5.41) is 12.2. The summed E-state index contributed by atoms with van der Waals surface area (Å²) in [6, 6.07) is 1.71. The van der Waals surface area contributed by atoms with Crippen molar-refractivity contribution in [3.05, 3.63) is 22.8 Å². The van der Waals surface area contributed by atoms with Gasteiger partial charge in [0.25, 0.3) is 0 Å². The highest BCUT2D eigenvalue weighted by molar-refractivity contribution is 6.29. The van der Waals surface area contributed by atoms with E-state index in [1.807, 2.05) is 0 Å². The van der Waals surface area contributed by atoms with Crippen molar-refractivity contribution in [2.45, 2.75) is 31.5 Å². The van der Waals surface area contributed by atoms with Gasteiger partial charge in [0.1, 0.15) is 11.0 Å². The molecule has 1 heterocycles. The first kappa shape index (κ1) is 14.4. The molecule has 1 aromatic rings. The molecule has 0 aromatic carbocycles. The van der Waals surface area contributed by atoms with Gasteiger partial charge in [-0.2, -0.15) is 13.2 Å². The molecule has 19 heavy (non-hydrogen) atoms. The van der Waals surface area contributed by atoms with Crippen molar-refractivity contribution < 1.29 is 18.3 Å². The van der Waals surface area contributed by atoms with Crippen LogP contribution in [0.4, 0.5) is 19.0 Å². The Kier molecular flexibility index (Phi) is 4.20. The number of aliphatic hydroxyl groups is 1. The molecular weight excluding hydrogens is 281 g/mol. The van der Waals surface area contributed by atoms with Crippen molar-refractivity contribution in [3.63, 3.8) is 0 Å². The van der Waals surface area contributed by atoms with Crippen LogP contribution in [0.5, 0.6) is 0 Å². The Morgan fingerprint density at radius 1 is 1.37 bits per heavy atom. The van der Waals surface area contributed by atoms with Gasteiger partial charge < -0.3 is 10.4 Å². The van der Waals surface area contributed by atoms with Gasteiger partial charge in [-0.25, -0.2) is 4.98 Å². The summed E-state index contributed by atoms with van der Waals surface area (Å²) < 4.78 is 37.8. The smallest absolute Gasteiger partial charge is 0.393 e. The van der Waals surface area contributed by atoms with Crippen molar-refractivity contribution in [2.24, 2.45) is 5.92 Å². The molecule has 2 rings (SSSR count). The second-order valence-electron chi connectivity index (χ2n) is 4.70. The number of rotatable bonds is 3. The van der Waals surface area contributed by atoms with E-state index >= 15 is 0 Å². The van der Waals surface area contributed by atoms with Crippen LogP contribution in [0.3, 0.4) is 0 Å². The van der Waals surface area contributed by atoms with Crippen LogP contribution in [0.25, 0.3) is 0 Å². The zero-order valence-corrected chi connectivity index (χ0v) is 10.8. The Morgan fingerprint density at radius 3 is 2.68 bits per heavy atom. The van der Waals surface area contributed by atoms with Crippen LogP contribution in [0.1, 0.15) is 24.8 Å². The van der Waals surface area contributed by atoms with Gasteiger partial charge in [0.2, 0.25) is 0 Å². The van der Waals surface area contributed by atoms with Crippen molar-refractivity contribution in [1.82, 2.24) is 4.98 Å². The molecule has 2 unspecified atom stereocenters. The molecule has 2 N–H and O–H groups in total. The summed E-state index contributed by atoms with van der Waals surface area (Å²) in [6.45, 7) is 0.395. The van der Waals surface area contributed by atoms with E-state index < -0.39 is 17.8 Å². The summed E-state index contributed by atoms with van der Waals surface area (Å²) >= 11 is 5.58. The summed E-state index contributed by atoms with van der Waals surface area (Å²) in [4.78, 5) is 3.81. The van der Waals surface area contributed by atoms with Gasteiger partial charge >= 0.3 is 6.18 Å². The molecule has 1 aliphatic carbocycles. The lowest BCUT2D eigenvalue weighted by Crippen LogP contribution is -2.22. The van der Waals surface area contributed by atoms with E-state index in [4.69, 9.17) is 11.6 Å². The van der Waals surface area contributed by atoms with E-state index in [0.717, 1.165) is 31.4 Å². The molecular formula is C12H14ClF3N2O. The van der Waals surface area contributed by atoms with Crippen LogP contribution in [0, 0.1) is 5.92 Å². The van der Waals surface area contributed by atoms with Crippen LogP contribution < -0.4 is 5.32 Å². The highest BCUT2D eigenvalue weighted by atomic mass is 35.5. The molecule has 3 nitrogen and oxygen atoms in total. The van der Waals surface area contributed by atoms with Crippen LogP contribution in [0.15, 0.2) is 12.1 Å². The number of pyridine rings is 1. The summed E-state index contributed by atoms with van der Waals surface area (Å²) in [5.74, 6) is 0.133. The molecule has 1 saturated carbocycles. The highest BCUT2D eigenvalue weighted by Gasteiger charge is 2.32. The van der Waals surface area contributed by atoms with E-state index in [1.54, 1.807) is 0 Å². The van der Waals surface area contributed by atoms with E-state index in [0.29, 0.717) is 6.54 Å². The zero-order chi connectivity index (χ0) is 14.0. The number of aliphatic hydroxyl groups excluding tert-OH is 1. The molecule has 1 fully saturated rings. The number of aromatic nitrogens is 1. The van der Waals surface area contributed by atoms with Crippen LogP contribution in [0.2, 0.25) is 5.15 Å². The predicted octanol–water partition coefficient (Wildman–Crippen LogP) is 3.33. The maximum atomic E-state index is 12.6. The van der Waals surface area contributed by atoms with Gasteiger partial charge in [0, 0.05) is 12.5 Å². The topological polar surface area (TPSA) is 45.1 Å². The Bertz CT molecular complexity index is 453. The minimum Gasteiger partial charge on any atom is -0.393 e. The van der Waals surface area contributed by atoms with Crippen LogP contribution in [-0.4, -0.2) is 22.7 Å². The maximum Gasteiger partial charge on any atom is 0.416 e. The summed E-state index contributed by atoms with van der Waals surface area (Å²) in [5.41, 5.74) is -0.832. The molecule has 1 aromatic heterocycles. The fourth-order valence-corrected chi connectivity index (χ4v) is 2.45. The van der Waals surface area contributed by atoms with E-state index in [9.17, 15) is 18.3 Å². The number of nitrogens with zero attached hydrogens (tertiary/aromatic N) is 1. The average molecular weight is 295 g/mol. The normalized spacial score (nSPS) is 23.6. The van der Waals surface area contributed by atoms with Gasteiger partial charge in [-0.3, -0.25) is 0 Å². The summed E-state index contributed by atoms with van der Waals surface area (Å²) in [7, 11) is 0. The Hall–Kier alpha value is -1.01. The third-order valence-corrected chi connectivity index (χ3v) is 3.48. The monoisotopic (exact) mass is 294 g/mol. The summed E-state index contributed by atoms with van der Waals surface area (Å²) in [6.07, 6.45) is -2.31. The molecule has 2 atom stereocenters. The first-order valence-corrected chi connectivity index (χ1v) is 6.41. The molecule has 0 radical (unpaired) electrons. The second kappa shape index (κ2) is 5.54. The molecule has 0 spiro atoms. The van der Waals surface area contributed by atoms with E-state index in [2.05, 4.69) is 10.3 Å².